The van der Waals surface area contributed by atoms with Crippen molar-refractivity contribution in [3.8, 4) is 11.5 Å². The molecule has 2 N–H and O–H groups in total. The minimum atomic E-state index is -0.0892. The third-order valence-corrected chi connectivity index (χ3v) is 5.66. The van der Waals surface area contributed by atoms with E-state index in [0.717, 1.165) is 10.9 Å². The number of carbonyl (C=O) groups excluding carboxylic acids is 1. The second-order valence-electron chi connectivity index (χ2n) is 7.30. The molecule has 4 rings (SSSR count). The number of hydrogen-bond acceptors (Lipinski definition) is 7. The molecular formula is C22H24ClN5O3. The topological polar surface area (TPSA) is 93.8 Å². The fourth-order valence-electron chi connectivity index (χ4n) is 3.75. The number of nitrogens with two attached hydrogens (primary N) is 1. The van der Waals surface area contributed by atoms with Crippen molar-refractivity contribution in [2.45, 2.75) is 6.54 Å². The van der Waals surface area contributed by atoms with Gasteiger partial charge in [-0.3, -0.25) is 9.69 Å². The van der Waals surface area contributed by atoms with Gasteiger partial charge in [0, 0.05) is 37.1 Å². The van der Waals surface area contributed by atoms with Crippen molar-refractivity contribution in [1.82, 2.24) is 19.8 Å². The number of hydrogen-bond donors (Lipinski definition) is 1. The molecule has 2 aromatic carbocycles. The first kappa shape index (κ1) is 21.1. The zero-order valence-corrected chi connectivity index (χ0v) is 18.2. The van der Waals surface area contributed by atoms with Gasteiger partial charge in [0.1, 0.15) is 11.6 Å². The van der Waals surface area contributed by atoms with Crippen molar-refractivity contribution in [1.29, 1.82) is 0 Å². The third kappa shape index (κ3) is 4.35. The second kappa shape index (κ2) is 8.95. The summed E-state index contributed by atoms with van der Waals surface area (Å²) in [5.41, 5.74) is 7.40. The molecule has 1 aliphatic heterocycles. The number of nitrogens with zero attached hydrogens (tertiary/aromatic N) is 4. The summed E-state index contributed by atoms with van der Waals surface area (Å²) in [6.45, 7) is 3.19. The Morgan fingerprint density at radius 3 is 2.55 bits per heavy atom. The lowest BCUT2D eigenvalue weighted by molar-refractivity contribution is 0.0625. The molecule has 1 aromatic heterocycles. The highest BCUT2D eigenvalue weighted by molar-refractivity contribution is 6.32. The SMILES string of the molecule is COc1cc(C(=O)N2CCN(Cc3nc(N)c4ccccc4n3)CC2)cc(Cl)c1OC. The number of ether oxygens (including phenoxy) is 2. The highest BCUT2D eigenvalue weighted by atomic mass is 35.5. The van der Waals surface area contributed by atoms with Gasteiger partial charge in [0.05, 0.1) is 31.3 Å². The first-order valence-corrected chi connectivity index (χ1v) is 10.3. The lowest BCUT2D eigenvalue weighted by Gasteiger charge is -2.34. The van der Waals surface area contributed by atoms with Crippen LogP contribution in [-0.2, 0) is 6.54 Å². The minimum absolute atomic E-state index is 0.0892. The predicted octanol–water partition coefficient (Wildman–Crippen LogP) is 2.84. The molecule has 0 saturated carbocycles. The number of fused-ring (bicyclic) bond motifs is 1. The van der Waals surface area contributed by atoms with Gasteiger partial charge >= 0.3 is 0 Å². The van der Waals surface area contributed by atoms with Crippen LogP contribution in [0.2, 0.25) is 5.02 Å². The summed E-state index contributed by atoms with van der Waals surface area (Å²) in [7, 11) is 3.03. The van der Waals surface area contributed by atoms with Gasteiger partial charge in [-0.15, -0.1) is 0 Å². The Labute approximate surface area is 185 Å². The quantitative estimate of drug-likeness (QED) is 0.650. The standard InChI is InChI=1S/C22H24ClN5O3/c1-30-18-12-14(11-16(23)20(18)31-2)22(29)28-9-7-27(8-10-28)13-19-25-17-6-4-3-5-15(17)21(24)26-19/h3-6,11-12H,7-10,13H2,1-2H3,(H2,24,25,26). The Morgan fingerprint density at radius 2 is 1.84 bits per heavy atom. The highest BCUT2D eigenvalue weighted by Gasteiger charge is 2.24. The summed E-state index contributed by atoms with van der Waals surface area (Å²) in [6.07, 6.45) is 0. The Kier molecular flexibility index (Phi) is 6.11. The average molecular weight is 442 g/mol. The van der Waals surface area contributed by atoms with Crippen LogP contribution in [0.3, 0.4) is 0 Å². The zero-order chi connectivity index (χ0) is 22.0. The molecule has 1 amide bonds. The number of aromatic nitrogens is 2. The van der Waals surface area contributed by atoms with Gasteiger partial charge in [-0.1, -0.05) is 23.7 Å². The van der Waals surface area contributed by atoms with E-state index in [4.69, 9.17) is 26.8 Å². The van der Waals surface area contributed by atoms with Gasteiger partial charge in [-0.25, -0.2) is 9.97 Å². The Balaban J connectivity index is 1.42. The predicted molar refractivity (Wildman–Crippen MR) is 120 cm³/mol. The van der Waals surface area contributed by atoms with Crippen molar-refractivity contribution in [3.63, 3.8) is 0 Å². The maximum atomic E-state index is 13.0. The van der Waals surface area contributed by atoms with E-state index in [9.17, 15) is 4.79 Å². The van der Waals surface area contributed by atoms with Crippen LogP contribution in [-0.4, -0.2) is 66.1 Å². The maximum Gasteiger partial charge on any atom is 0.254 e. The van der Waals surface area contributed by atoms with E-state index in [1.165, 1.54) is 14.2 Å². The molecule has 1 fully saturated rings. The second-order valence-corrected chi connectivity index (χ2v) is 7.71. The molecule has 1 aliphatic rings. The van der Waals surface area contributed by atoms with Crippen LogP contribution < -0.4 is 15.2 Å². The van der Waals surface area contributed by atoms with E-state index in [1.807, 2.05) is 29.2 Å². The molecule has 0 aliphatic carbocycles. The molecule has 162 valence electrons. The summed E-state index contributed by atoms with van der Waals surface area (Å²) in [4.78, 5) is 26.1. The molecule has 8 nitrogen and oxygen atoms in total. The van der Waals surface area contributed by atoms with Gasteiger partial charge in [0.15, 0.2) is 11.5 Å². The van der Waals surface area contributed by atoms with E-state index >= 15 is 0 Å². The summed E-state index contributed by atoms with van der Waals surface area (Å²) in [6, 6.07) is 11.0. The zero-order valence-electron chi connectivity index (χ0n) is 17.5. The molecule has 0 bridgehead atoms. The maximum absolute atomic E-state index is 13.0. The number of para-hydroxylation sites is 1. The summed E-state index contributed by atoms with van der Waals surface area (Å²) in [5, 5.41) is 1.20. The normalized spacial score (nSPS) is 14.6. The molecule has 0 atom stereocenters. The number of piperazine rings is 1. The van der Waals surface area contributed by atoms with Crippen LogP contribution >= 0.6 is 11.6 Å². The van der Waals surface area contributed by atoms with Crippen LogP contribution in [0.4, 0.5) is 5.82 Å². The van der Waals surface area contributed by atoms with Crippen molar-refractivity contribution in [2.24, 2.45) is 0 Å². The number of benzene rings is 2. The number of rotatable bonds is 5. The van der Waals surface area contributed by atoms with Crippen LogP contribution in [0.25, 0.3) is 10.9 Å². The van der Waals surface area contributed by atoms with Gasteiger partial charge < -0.3 is 20.1 Å². The van der Waals surface area contributed by atoms with Crippen LogP contribution in [0.1, 0.15) is 16.2 Å². The first-order valence-electron chi connectivity index (χ1n) is 9.94. The molecule has 9 heteroatoms. The van der Waals surface area contributed by atoms with E-state index in [-0.39, 0.29) is 5.91 Å². The number of methoxy groups -OCH3 is 2. The molecule has 2 heterocycles. The number of nitrogen functional groups attached to an aromatic ring is 1. The molecule has 3 aromatic rings. The highest BCUT2D eigenvalue weighted by Crippen LogP contribution is 2.36. The molecule has 0 unspecified atom stereocenters. The van der Waals surface area contributed by atoms with Gasteiger partial charge in [-0.2, -0.15) is 0 Å². The number of anilines is 1. The van der Waals surface area contributed by atoms with Gasteiger partial charge in [0.25, 0.3) is 5.91 Å². The van der Waals surface area contributed by atoms with E-state index in [0.29, 0.717) is 66.5 Å². The van der Waals surface area contributed by atoms with E-state index in [2.05, 4.69) is 14.9 Å². The fraction of sp³-hybridized carbons (Fsp3) is 0.318. The smallest absolute Gasteiger partial charge is 0.254 e. The van der Waals surface area contributed by atoms with Crippen molar-refractivity contribution in [3.05, 3.63) is 52.8 Å². The van der Waals surface area contributed by atoms with E-state index in [1.54, 1.807) is 12.1 Å². The summed E-state index contributed by atoms with van der Waals surface area (Å²) < 4.78 is 10.6. The number of halogens is 1. The molecule has 0 radical (unpaired) electrons. The molecule has 0 spiro atoms. The van der Waals surface area contributed by atoms with Crippen molar-refractivity contribution in [2.75, 3.05) is 46.1 Å². The van der Waals surface area contributed by atoms with Crippen molar-refractivity contribution < 1.29 is 14.3 Å². The van der Waals surface area contributed by atoms with E-state index < -0.39 is 0 Å². The fourth-order valence-corrected chi connectivity index (χ4v) is 4.04. The Hall–Kier alpha value is -3.10. The molecule has 1 saturated heterocycles. The monoisotopic (exact) mass is 441 g/mol. The van der Waals surface area contributed by atoms with Crippen LogP contribution in [0.15, 0.2) is 36.4 Å². The molecule has 31 heavy (non-hydrogen) atoms. The van der Waals surface area contributed by atoms with Gasteiger partial charge in [-0.05, 0) is 24.3 Å². The largest absolute Gasteiger partial charge is 0.493 e. The van der Waals surface area contributed by atoms with Crippen LogP contribution in [0, 0.1) is 0 Å². The Morgan fingerprint density at radius 1 is 1.10 bits per heavy atom. The average Bonchev–Trinajstić information content (AvgIpc) is 2.78. The minimum Gasteiger partial charge on any atom is -0.493 e. The lowest BCUT2D eigenvalue weighted by Crippen LogP contribution is -2.48. The number of carbonyl (C=O) groups is 1. The number of amides is 1. The lowest BCUT2D eigenvalue weighted by atomic mass is 10.1. The third-order valence-electron chi connectivity index (χ3n) is 5.38. The summed E-state index contributed by atoms with van der Waals surface area (Å²) >= 11 is 6.26. The molecular weight excluding hydrogens is 418 g/mol. The van der Waals surface area contributed by atoms with Gasteiger partial charge in [0.2, 0.25) is 0 Å². The Bertz CT molecular complexity index is 1120. The van der Waals surface area contributed by atoms with Crippen molar-refractivity contribution >= 4 is 34.2 Å². The van der Waals surface area contributed by atoms with Crippen LogP contribution in [0.5, 0.6) is 11.5 Å². The summed E-state index contributed by atoms with van der Waals surface area (Å²) in [5.74, 6) is 1.93. The first-order chi connectivity index (χ1) is 15.0.